The molecule has 2 aromatic carbocycles. The standard InChI is InChI=1S/C17H20NO4P.Na/c1-3-22-17(19)23(20,21)16-11-9-15(10-12-16)18(2)13-14-7-5-4-6-8-14;/h4-12H,3,13H2,1-2H3,(H,20,21);/q;+1. The van der Waals surface area contributed by atoms with Crippen molar-refractivity contribution in [2.24, 2.45) is 0 Å². The third-order valence-corrected chi connectivity index (χ3v) is 5.04. The van der Waals surface area contributed by atoms with Gasteiger partial charge in [-0.15, -0.1) is 0 Å². The molecule has 122 valence electrons. The molecule has 0 heterocycles. The molecule has 0 saturated heterocycles. The van der Waals surface area contributed by atoms with Gasteiger partial charge in [-0.3, -0.25) is 4.57 Å². The molecule has 0 amide bonds. The zero-order chi connectivity index (χ0) is 16.9. The van der Waals surface area contributed by atoms with Gasteiger partial charge in [-0.25, -0.2) is 4.79 Å². The molecule has 0 aliphatic carbocycles. The van der Waals surface area contributed by atoms with Crippen molar-refractivity contribution in [3.8, 4) is 0 Å². The van der Waals surface area contributed by atoms with Crippen molar-refractivity contribution < 1.29 is 48.5 Å². The summed E-state index contributed by atoms with van der Waals surface area (Å²) in [5.41, 5.74) is 0.977. The van der Waals surface area contributed by atoms with Crippen LogP contribution in [0.25, 0.3) is 0 Å². The molecule has 1 atom stereocenters. The SMILES string of the molecule is CCOC(=O)P(=O)(O)c1ccc(N(C)Cc2ccccc2)cc1.[Na+]. The minimum atomic E-state index is -4.15. The molecule has 1 N–H and O–H groups in total. The van der Waals surface area contributed by atoms with Crippen LogP contribution >= 0.6 is 7.37 Å². The second kappa shape index (κ2) is 9.40. The maximum absolute atomic E-state index is 12.1. The molecule has 7 heteroatoms. The summed E-state index contributed by atoms with van der Waals surface area (Å²) in [4.78, 5) is 23.5. The van der Waals surface area contributed by atoms with E-state index >= 15 is 0 Å². The predicted octanol–water partition coefficient (Wildman–Crippen LogP) is 0.379. The first-order valence-electron chi connectivity index (χ1n) is 7.31. The van der Waals surface area contributed by atoms with E-state index in [1.54, 1.807) is 19.1 Å². The molecule has 5 nitrogen and oxygen atoms in total. The summed E-state index contributed by atoms with van der Waals surface area (Å²) in [6, 6.07) is 16.4. The van der Waals surface area contributed by atoms with Crippen LogP contribution in [-0.2, 0) is 15.8 Å². The van der Waals surface area contributed by atoms with Crippen molar-refractivity contribution in [3.63, 3.8) is 0 Å². The number of rotatable bonds is 6. The van der Waals surface area contributed by atoms with Crippen LogP contribution in [0.5, 0.6) is 0 Å². The molecule has 0 saturated carbocycles. The average molecular weight is 356 g/mol. The first-order valence-corrected chi connectivity index (χ1v) is 8.97. The first-order chi connectivity index (χ1) is 10.9. The van der Waals surface area contributed by atoms with Gasteiger partial charge in [0.1, 0.15) is 0 Å². The van der Waals surface area contributed by atoms with Crippen LogP contribution < -0.4 is 39.8 Å². The average Bonchev–Trinajstić information content (AvgIpc) is 2.56. The number of carbonyl (C=O) groups excluding carboxylic acids is 1. The number of hydrogen-bond acceptors (Lipinski definition) is 4. The molecule has 0 aliphatic heterocycles. The molecule has 1 unspecified atom stereocenters. The van der Waals surface area contributed by atoms with Crippen molar-refractivity contribution in [2.75, 3.05) is 18.6 Å². The molecule has 0 fully saturated rings. The van der Waals surface area contributed by atoms with Gasteiger partial charge in [-0.1, -0.05) is 30.3 Å². The topological polar surface area (TPSA) is 66.8 Å². The predicted molar refractivity (Wildman–Crippen MR) is 91.5 cm³/mol. The zero-order valence-electron chi connectivity index (χ0n) is 14.2. The number of hydrogen-bond donors (Lipinski definition) is 1. The van der Waals surface area contributed by atoms with Crippen molar-refractivity contribution >= 4 is 24.1 Å². The van der Waals surface area contributed by atoms with Crippen molar-refractivity contribution in [1.82, 2.24) is 0 Å². The van der Waals surface area contributed by atoms with Crippen molar-refractivity contribution in [3.05, 3.63) is 60.2 Å². The zero-order valence-corrected chi connectivity index (χ0v) is 17.1. The fourth-order valence-electron chi connectivity index (χ4n) is 2.17. The van der Waals surface area contributed by atoms with E-state index < -0.39 is 13.1 Å². The molecule has 0 spiro atoms. The molecular weight excluding hydrogens is 336 g/mol. The van der Waals surface area contributed by atoms with E-state index in [4.69, 9.17) is 0 Å². The van der Waals surface area contributed by atoms with Gasteiger partial charge in [0, 0.05) is 24.6 Å². The Morgan fingerprint density at radius 1 is 1.12 bits per heavy atom. The Hall–Kier alpha value is -1.10. The van der Waals surface area contributed by atoms with Gasteiger partial charge < -0.3 is 14.5 Å². The third-order valence-electron chi connectivity index (χ3n) is 3.42. The number of carbonyl (C=O) groups is 1. The third kappa shape index (κ3) is 5.20. The van der Waals surface area contributed by atoms with E-state index in [9.17, 15) is 14.3 Å². The van der Waals surface area contributed by atoms with E-state index in [2.05, 4.69) is 4.74 Å². The fourth-order valence-corrected chi connectivity index (χ4v) is 3.24. The summed E-state index contributed by atoms with van der Waals surface area (Å²) in [7, 11) is -2.21. The molecule has 2 aromatic rings. The van der Waals surface area contributed by atoms with Gasteiger partial charge >= 0.3 is 42.6 Å². The normalized spacial score (nSPS) is 12.6. The van der Waals surface area contributed by atoms with Gasteiger partial charge in [0.2, 0.25) is 0 Å². The van der Waals surface area contributed by atoms with Crippen molar-refractivity contribution in [1.29, 1.82) is 0 Å². The summed E-state index contributed by atoms with van der Waals surface area (Å²) < 4.78 is 16.8. The van der Waals surface area contributed by atoms with Crippen LogP contribution in [0.15, 0.2) is 54.6 Å². The Labute approximate surface area is 164 Å². The molecule has 0 aliphatic rings. The molecule has 0 radical (unpaired) electrons. The quantitative estimate of drug-likeness (QED) is 0.599. The van der Waals surface area contributed by atoms with E-state index in [0.717, 1.165) is 12.2 Å². The molecule has 24 heavy (non-hydrogen) atoms. The Kier molecular flexibility index (Phi) is 8.20. The summed E-state index contributed by atoms with van der Waals surface area (Å²) in [5, 5.41) is 0.0767. The molecule has 0 bridgehead atoms. The first kappa shape index (κ1) is 20.9. The van der Waals surface area contributed by atoms with Crippen molar-refractivity contribution in [2.45, 2.75) is 13.5 Å². The van der Waals surface area contributed by atoms with Gasteiger partial charge in [0.25, 0.3) is 0 Å². The minimum absolute atomic E-state index is 0. The van der Waals surface area contributed by atoms with Crippen LogP contribution in [0.4, 0.5) is 10.5 Å². The molecule has 0 aromatic heterocycles. The summed E-state index contributed by atoms with van der Waals surface area (Å²) in [6.07, 6.45) is 0. The Bertz CT molecular complexity index is 706. The summed E-state index contributed by atoms with van der Waals surface area (Å²) >= 11 is 0. The Morgan fingerprint density at radius 3 is 2.25 bits per heavy atom. The van der Waals surface area contributed by atoms with Gasteiger partial charge in [-0.2, -0.15) is 0 Å². The van der Waals surface area contributed by atoms with E-state index in [0.29, 0.717) is 0 Å². The van der Waals surface area contributed by atoms with Crippen LogP contribution in [0, 0.1) is 0 Å². The Morgan fingerprint density at radius 2 is 1.71 bits per heavy atom. The Balaban J connectivity index is 0.00000288. The number of benzene rings is 2. The van der Waals surface area contributed by atoms with E-state index in [1.807, 2.05) is 42.3 Å². The largest absolute Gasteiger partial charge is 1.00 e. The smallest absolute Gasteiger partial charge is 0.459 e. The number of anilines is 1. The molecule has 2 rings (SSSR count). The van der Waals surface area contributed by atoms with Crippen LogP contribution in [0.1, 0.15) is 12.5 Å². The van der Waals surface area contributed by atoms with E-state index in [1.165, 1.54) is 17.7 Å². The second-order valence-electron chi connectivity index (χ2n) is 5.13. The van der Waals surface area contributed by atoms with Crippen LogP contribution in [-0.4, -0.2) is 24.3 Å². The van der Waals surface area contributed by atoms with Crippen LogP contribution in [0.2, 0.25) is 0 Å². The number of nitrogens with zero attached hydrogens (tertiary/aromatic N) is 1. The van der Waals surface area contributed by atoms with E-state index in [-0.39, 0.29) is 41.5 Å². The van der Waals surface area contributed by atoms with Crippen LogP contribution in [0.3, 0.4) is 0 Å². The van der Waals surface area contributed by atoms with Gasteiger partial charge in [-0.05, 0) is 36.8 Å². The number of ether oxygens (including phenoxy) is 1. The monoisotopic (exact) mass is 356 g/mol. The maximum atomic E-state index is 12.1. The molecular formula is C17H20NNaO4P+. The second-order valence-corrected chi connectivity index (χ2v) is 7.17. The summed E-state index contributed by atoms with van der Waals surface area (Å²) in [5.74, 6) is 0. The maximum Gasteiger partial charge on any atom is 1.00 e. The van der Waals surface area contributed by atoms with Gasteiger partial charge in [0.15, 0.2) is 0 Å². The van der Waals surface area contributed by atoms with Gasteiger partial charge in [0.05, 0.1) is 6.61 Å². The fraction of sp³-hybridized carbons (Fsp3) is 0.235. The summed E-state index contributed by atoms with van der Waals surface area (Å²) in [6.45, 7) is 2.38. The minimum Gasteiger partial charge on any atom is -0.459 e.